The lowest BCUT2D eigenvalue weighted by Gasteiger charge is -2.26. The second-order valence-corrected chi connectivity index (χ2v) is 11.7. The lowest BCUT2D eigenvalue weighted by Crippen LogP contribution is -2.39. The van der Waals surface area contributed by atoms with Crippen LogP contribution >= 0.6 is 11.6 Å². The predicted octanol–water partition coefficient (Wildman–Crippen LogP) is 6.04. The Labute approximate surface area is 250 Å². The van der Waals surface area contributed by atoms with Crippen molar-refractivity contribution in [2.24, 2.45) is 0 Å². The molecule has 2 aromatic heterocycles. The lowest BCUT2D eigenvalue weighted by molar-refractivity contribution is -0.116. The van der Waals surface area contributed by atoms with Gasteiger partial charge in [0.1, 0.15) is 17.2 Å². The third-order valence-electron chi connectivity index (χ3n) is 6.61. The molecular formula is C30H37ClFN7O3. The SMILES string of the molecule is Cc1nnc(-c2cc(Cl)ccc2F)cc1Nc1ccnc(NC(=O)CCCN2CCCN(C(=O)OC(C)(C)C)CC2)c1. The molecule has 0 saturated carbocycles. The number of aromatic nitrogens is 3. The minimum atomic E-state index is -0.516. The Morgan fingerprint density at radius 3 is 2.67 bits per heavy atom. The Morgan fingerprint density at radius 1 is 1.07 bits per heavy atom. The fourth-order valence-electron chi connectivity index (χ4n) is 4.51. The third-order valence-corrected chi connectivity index (χ3v) is 6.84. The van der Waals surface area contributed by atoms with Crippen molar-refractivity contribution in [1.29, 1.82) is 0 Å². The van der Waals surface area contributed by atoms with Gasteiger partial charge in [-0.15, -0.1) is 0 Å². The molecule has 2 N–H and O–H groups in total. The largest absolute Gasteiger partial charge is 0.444 e. The van der Waals surface area contributed by atoms with E-state index in [1.54, 1.807) is 36.2 Å². The number of anilines is 3. The van der Waals surface area contributed by atoms with Gasteiger partial charge in [0.25, 0.3) is 0 Å². The average molecular weight is 598 g/mol. The normalized spacial score (nSPS) is 14.3. The summed E-state index contributed by atoms with van der Waals surface area (Å²) in [5.74, 6) is -0.171. The molecule has 224 valence electrons. The highest BCUT2D eigenvalue weighted by Gasteiger charge is 2.24. The minimum Gasteiger partial charge on any atom is -0.444 e. The molecular weight excluding hydrogens is 561 g/mol. The van der Waals surface area contributed by atoms with Crippen LogP contribution in [-0.2, 0) is 9.53 Å². The van der Waals surface area contributed by atoms with E-state index in [-0.39, 0.29) is 17.6 Å². The zero-order valence-electron chi connectivity index (χ0n) is 24.4. The first-order chi connectivity index (χ1) is 20.0. The molecule has 0 aliphatic carbocycles. The number of hydrogen-bond acceptors (Lipinski definition) is 8. The summed E-state index contributed by atoms with van der Waals surface area (Å²) in [6.45, 7) is 11.0. The quantitative estimate of drug-likeness (QED) is 0.323. The van der Waals surface area contributed by atoms with E-state index in [0.29, 0.717) is 59.5 Å². The van der Waals surface area contributed by atoms with Crippen molar-refractivity contribution in [2.45, 2.75) is 52.6 Å². The van der Waals surface area contributed by atoms with Crippen LogP contribution in [0, 0.1) is 12.7 Å². The van der Waals surface area contributed by atoms with Crippen molar-refractivity contribution in [3.8, 4) is 11.3 Å². The van der Waals surface area contributed by atoms with E-state index >= 15 is 0 Å². The van der Waals surface area contributed by atoms with Gasteiger partial charge in [0.2, 0.25) is 5.91 Å². The number of carbonyl (C=O) groups excluding carboxylic acids is 2. The van der Waals surface area contributed by atoms with Crippen LogP contribution in [-0.4, -0.2) is 75.3 Å². The molecule has 3 aromatic rings. The fraction of sp³-hybridized carbons (Fsp3) is 0.433. The van der Waals surface area contributed by atoms with Gasteiger partial charge < -0.3 is 25.2 Å². The number of pyridine rings is 1. The summed E-state index contributed by atoms with van der Waals surface area (Å²) in [4.78, 5) is 33.3. The van der Waals surface area contributed by atoms with E-state index in [1.165, 1.54) is 18.2 Å². The highest BCUT2D eigenvalue weighted by Crippen LogP contribution is 2.28. The molecule has 2 amide bonds. The van der Waals surface area contributed by atoms with Gasteiger partial charge in [0, 0.05) is 54.6 Å². The Bertz CT molecular complexity index is 1420. The molecule has 0 spiro atoms. The molecule has 1 aliphatic heterocycles. The monoisotopic (exact) mass is 597 g/mol. The second kappa shape index (κ2) is 13.9. The first kappa shape index (κ1) is 31.1. The van der Waals surface area contributed by atoms with Gasteiger partial charge >= 0.3 is 6.09 Å². The van der Waals surface area contributed by atoms with Crippen LogP contribution in [0.25, 0.3) is 11.3 Å². The minimum absolute atomic E-state index is 0.134. The molecule has 1 saturated heterocycles. The van der Waals surface area contributed by atoms with Crippen molar-refractivity contribution >= 4 is 40.8 Å². The number of rotatable bonds is 8. The summed E-state index contributed by atoms with van der Waals surface area (Å²) in [6, 6.07) is 9.45. The van der Waals surface area contributed by atoms with E-state index in [2.05, 4.69) is 30.7 Å². The zero-order valence-corrected chi connectivity index (χ0v) is 25.2. The van der Waals surface area contributed by atoms with Crippen LogP contribution in [0.15, 0.2) is 42.6 Å². The maximum Gasteiger partial charge on any atom is 0.410 e. The van der Waals surface area contributed by atoms with Gasteiger partial charge in [0.05, 0.1) is 17.1 Å². The Balaban J connectivity index is 1.28. The lowest BCUT2D eigenvalue weighted by atomic mass is 10.1. The maximum absolute atomic E-state index is 14.4. The summed E-state index contributed by atoms with van der Waals surface area (Å²) in [7, 11) is 0. The Kier molecular flexibility index (Phi) is 10.3. The number of hydrogen-bond donors (Lipinski definition) is 2. The van der Waals surface area contributed by atoms with E-state index in [0.717, 1.165) is 26.1 Å². The van der Waals surface area contributed by atoms with Crippen molar-refractivity contribution < 1.29 is 18.7 Å². The summed E-state index contributed by atoms with van der Waals surface area (Å²) >= 11 is 6.05. The number of halogens is 2. The fourth-order valence-corrected chi connectivity index (χ4v) is 4.68. The number of amides is 2. The summed E-state index contributed by atoms with van der Waals surface area (Å²) in [5, 5.41) is 14.8. The number of benzene rings is 1. The summed E-state index contributed by atoms with van der Waals surface area (Å²) < 4.78 is 19.9. The number of aryl methyl sites for hydroxylation is 1. The average Bonchev–Trinajstić information content (AvgIpc) is 3.17. The van der Waals surface area contributed by atoms with Gasteiger partial charge in [-0.3, -0.25) is 4.79 Å². The number of nitrogens with one attached hydrogen (secondary N) is 2. The molecule has 1 aromatic carbocycles. The van der Waals surface area contributed by atoms with E-state index in [1.807, 2.05) is 20.8 Å². The topological polar surface area (TPSA) is 113 Å². The molecule has 1 fully saturated rings. The van der Waals surface area contributed by atoms with Gasteiger partial charge in [0.15, 0.2) is 0 Å². The first-order valence-electron chi connectivity index (χ1n) is 14.0. The van der Waals surface area contributed by atoms with Crippen LogP contribution in [0.3, 0.4) is 0 Å². The first-order valence-corrected chi connectivity index (χ1v) is 14.4. The van der Waals surface area contributed by atoms with E-state index in [9.17, 15) is 14.0 Å². The Hall–Kier alpha value is -3.83. The molecule has 0 atom stereocenters. The number of ether oxygens (including phenoxy) is 1. The highest BCUT2D eigenvalue weighted by atomic mass is 35.5. The summed E-state index contributed by atoms with van der Waals surface area (Å²) in [5.41, 5.74) is 2.00. The van der Waals surface area contributed by atoms with Crippen molar-refractivity contribution in [1.82, 2.24) is 25.0 Å². The third kappa shape index (κ3) is 9.09. The molecule has 42 heavy (non-hydrogen) atoms. The van der Waals surface area contributed by atoms with Gasteiger partial charge in [-0.05, 0) is 84.0 Å². The van der Waals surface area contributed by atoms with Gasteiger partial charge in [-0.1, -0.05) is 11.6 Å². The molecule has 0 bridgehead atoms. The number of carbonyl (C=O) groups is 2. The highest BCUT2D eigenvalue weighted by molar-refractivity contribution is 6.30. The second-order valence-electron chi connectivity index (χ2n) is 11.2. The van der Waals surface area contributed by atoms with E-state index in [4.69, 9.17) is 16.3 Å². The van der Waals surface area contributed by atoms with Crippen molar-refractivity contribution in [3.63, 3.8) is 0 Å². The molecule has 3 heterocycles. The maximum atomic E-state index is 14.4. The smallest absolute Gasteiger partial charge is 0.410 e. The molecule has 10 nitrogen and oxygen atoms in total. The molecule has 1 aliphatic rings. The molecule has 4 rings (SSSR count). The van der Waals surface area contributed by atoms with Crippen LogP contribution in [0.2, 0.25) is 5.02 Å². The van der Waals surface area contributed by atoms with Crippen LogP contribution in [0.5, 0.6) is 0 Å². The zero-order chi connectivity index (χ0) is 30.3. The molecule has 12 heteroatoms. The van der Waals surface area contributed by atoms with Gasteiger partial charge in [-0.2, -0.15) is 10.2 Å². The standard InChI is InChI=1S/C30H37ClFN7O3/c1-20-25(19-26(37-36-20)23-17-21(31)8-9-24(23)32)34-22-10-11-33-27(18-22)35-28(40)7-5-12-38-13-6-14-39(16-15-38)29(41)42-30(2,3)4/h8-11,17-19H,5-7,12-16H2,1-4H3,(H2,33,34,35,37,40). The molecule has 0 unspecified atom stereocenters. The molecule has 0 radical (unpaired) electrons. The van der Waals surface area contributed by atoms with Crippen LogP contribution in [0.1, 0.15) is 45.7 Å². The van der Waals surface area contributed by atoms with Crippen LogP contribution < -0.4 is 10.6 Å². The van der Waals surface area contributed by atoms with E-state index < -0.39 is 11.4 Å². The predicted molar refractivity (Wildman–Crippen MR) is 161 cm³/mol. The Morgan fingerprint density at radius 2 is 1.88 bits per heavy atom. The van der Waals surface area contributed by atoms with Crippen LogP contribution in [0.4, 0.5) is 26.4 Å². The summed E-state index contributed by atoms with van der Waals surface area (Å²) in [6.07, 6.45) is 3.19. The van der Waals surface area contributed by atoms with Crippen molar-refractivity contribution in [3.05, 3.63) is 59.1 Å². The van der Waals surface area contributed by atoms with Gasteiger partial charge in [-0.25, -0.2) is 14.2 Å². The van der Waals surface area contributed by atoms with Crippen molar-refractivity contribution in [2.75, 3.05) is 43.4 Å². The number of nitrogens with zero attached hydrogens (tertiary/aromatic N) is 5.